The molecular weight excluding hydrogens is 290 g/mol. The molecule has 2 rings (SSSR count). The lowest BCUT2D eigenvalue weighted by Crippen LogP contribution is -2.39. The highest BCUT2D eigenvalue weighted by atomic mass is 16.2. The Balaban J connectivity index is 2.05. The van der Waals surface area contributed by atoms with Gasteiger partial charge in [0.2, 0.25) is 11.8 Å². The standard InChI is InChI=1S/C18H17N3O2/c1-13(22)21-17(16-5-3-2-4-6-16)18(23)20-12-15-9-7-14(11-19)8-10-15/h2-10,17H,12H2,1H3,(H,20,23)(H,21,22)/t17-/m0/s1. The van der Waals surface area contributed by atoms with Crippen LogP contribution in [-0.2, 0) is 16.1 Å². The molecule has 2 aromatic rings. The van der Waals surface area contributed by atoms with E-state index in [2.05, 4.69) is 10.6 Å². The Kier molecular flexibility index (Phi) is 5.48. The van der Waals surface area contributed by atoms with Crippen LogP contribution in [0.5, 0.6) is 0 Å². The first-order valence-corrected chi connectivity index (χ1v) is 7.19. The van der Waals surface area contributed by atoms with E-state index in [1.807, 2.05) is 24.3 Å². The zero-order valence-electron chi connectivity index (χ0n) is 12.7. The molecule has 0 saturated heterocycles. The molecule has 2 aromatic carbocycles. The van der Waals surface area contributed by atoms with E-state index in [0.29, 0.717) is 12.1 Å². The first kappa shape index (κ1) is 16.2. The van der Waals surface area contributed by atoms with E-state index < -0.39 is 6.04 Å². The third kappa shape index (κ3) is 4.68. The van der Waals surface area contributed by atoms with Crippen molar-refractivity contribution in [1.82, 2.24) is 10.6 Å². The Bertz CT molecular complexity index is 718. The second-order valence-electron chi connectivity index (χ2n) is 5.07. The molecular formula is C18H17N3O2. The number of hydrogen-bond acceptors (Lipinski definition) is 3. The van der Waals surface area contributed by atoms with Gasteiger partial charge in [-0.25, -0.2) is 0 Å². The van der Waals surface area contributed by atoms with Crippen LogP contribution in [0.4, 0.5) is 0 Å². The minimum Gasteiger partial charge on any atom is -0.350 e. The lowest BCUT2D eigenvalue weighted by Gasteiger charge is -2.18. The molecule has 23 heavy (non-hydrogen) atoms. The van der Waals surface area contributed by atoms with Crippen molar-refractivity contribution in [2.45, 2.75) is 19.5 Å². The average Bonchev–Trinajstić information content (AvgIpc) is 2.58. The van der Waals surface area contributed by atoms with Crippen LogP contribution < -0.4 is 10.6 Å². The minimum atomic E-state index is -0.730. The molecule has 0 aliphatic heterocycles. The Morgan fingerprint density at radius 1 is 1.09 bits per heavy atom. The van der Waals surface area contributed by atoms with Gasteiger partial charge in [-0.05, 0) is 23.3 Å². The molecule has 0 aromatic heterocycles. The summed E-state index contributed by atoms with van der Waals surface area (Å²) in [4.78, 5) is 23.8. The number of nitriles is 1. The van der Waals surface area contributed by atoms with E-state index in [4.69, 9.17) is 5.26 Å². The molecule has 0 unspecified atom stereocenters. The molecule has 0 saturated carbocycles. The van der Waals surface area contributed by atoms with Gasteiger partial charge in [0.15, 0.2) is 0 Å². The smallest absolute Gasteiger partial charge is 0.247 e. The summed E-state index contributed by atoms with van der Waals surface area (Å²) in [5.41, 5.74) is 2.17. The van der Waals surface area contributed by atoms with E-state index in [1.165, 1.54) is 6.92 Å². The number of nitrogens with zero attached hydrogens (tertiary/aromatic N) is 1. The van der Waals surface area contributed by atoms with Gasteiger partial charge in [-0.3, -0.25) is 9.59 Å². The van der Waals surface area contributed by atoms with Crippen LogP contribution in [0, 0.1) is 11.3 Å². The van der Waals surface area contributed by atoms with E-state index in [1.54, 1.807) is 36.4 Å². The van der Waals surface area contributed by atoms with Crippen molar-refractivity contribution in [3.8, 4) is 6.07 Å². The molecule has 0 aliphatic carbocycles. The first-order valence-electron chi connectivity index (χ1n) is 7.19. The number of hydrogen-bond donors (Lipinski definition) is 2. The maximum absolute atomic E-state index is 12.4. The third-order valence-corrected chi connectivity index (χ3v) is 3.29. The summed E-state index contributed by atoms with van der Waals surface area (Å²) >= 11 is 0. The van der Waals surface area contributed by atoms with Gasteiger partial charge in [0.25, 0.3) is 0 Å². The summed E-state index contributed by atoms with van der Waals surface area (Å²) in [7, 11) is 0. The third-order valence-electron chi connectivity index (χ3n) is 3.29. The van der Waals surface area contributed by atoms with Crippen molar-refractivity contribution >= 4 is 11.8 Å². The number of nitrogens with one attached hydrogen (secondary N) is 2. The van der Waals surface area contributed by atoms with Gasteiger partial charge in [0, 0.05) is 13.5 Å². The number of carbonyl (C=O) groups excluding carboxylic acids is 2. The van der Waals surface area contributed by atoms with Gasteiger partial charge in [0.1, 0.15) is 6.04 Å². The molecule has 0 aliphatic rings. The van der Waals surface area contributed by atoms with Gasteiger partial charge in [-0.2, -0.15) is 5.26 Å². The van der Waals surface area contributed by atoms with Crippen molar-refractivity contribution in [2.75, 3.05) is 0 Å². The highest BCUT2D eigenvalue weighted by Crippen LogP contribution is 2.13. The van der Waals surface area contributed by atoms with E-state index in [0.717, 1.165) is 11.1 Å². The van der Waals surface area contributed by atoms with E-state index in [-0.39, 0.29) is 11.8 Å². The summed E-state index contributed by atoms with van der Waals surface area (Å²) < 4.78 is 0. The molecule has 116 valence electrons. The zero-order chi connectivity index (χ0) is 16.7. The van der Waals surface area contributed by atoms with Crippen LogP contribution in [0.3, 0.4) is 0 Å². The SMILES string of the molecule is CC(=O)N[C@H](C(=O)NCc1ccc(C#N)cc1)c1ccccc1. The molecule has 1 atom stereocenters. The van der Waals surface area contributed by atoms with Crippen LogP contribution in [0.1, 0.15) is 29.7 Å². The highest BCUT2D eigenvalue weighted by Gasteiger charge is 2.20. The van der Waals surface area contributed by atoms with Gasteiger partial charge in [0.05, 0.1) is 11.6 Å². The highest BCUT2D eigenvalue weighted by molar-refractivity contribution is 5.87. The topological polar surface area (TPSA) is 82.0 Å². The average molecular weight is 307 g/mol. The van der Waals surface area contributed by atoms with Crippen LogP contribution >= 0.6 is 0 Å². The zero-order valence-corrected chi connectivity index (χ0v) is 12.7. The van der Waals surface area contributed by atoms with Crippen molar-refractivity contribution in [1.29, 1.82) is 5.26 Å². The van der Waals surface area contributed by atoms with Crippen LogP contribution in [0.15, 0.2) is 54.6 Å². The van der Waals surface area contributed by atoms with Gasteiger partial charge < -0.3 is 10.6 Å². The monoisotopic (exact) mass is 307 g/mol. The summed E-state index contributed by atoms with van der Waals surface area (Å²) in [6.45, 7) is 1.71. The Morgan fingerprint density at radius 2 is 1.74 bits per heavy atom. The molecule has 2 amide bonds. The molecule has 5 nitrogen and oxygen atoms in total. The van der Waals surface area contributed by atoms with Gasteiger partial charge >= 0.3 is 0 Å². The summed E-state index contributed by atoms with van der Waals surface area (Å²) in [5.74, 6) is -0.553. The molecule has 2 N–H and O–H groups in total. The number of carbonyl (C=O) groups is 2. The quantitative estimate of drug-likeness (QED) is 0.887. The minimum absolute atomic E-state index is 0.271. The van der Waals surface area contributed by atoms with E-state index >= 15 is 0 Å². The van der Waals surface area contributed by atoms with Gasteiger partial charge in [-0.15, -0.1) is 0 Å². The fourth-order valence-electron chi connectivity index (χ4n) is 2.14. The predicted molar refractivity (Wildman–Crippen MR) is 86.0 cm³/mol. The molecule has 0 radical (unpaired) electrons. The molecule has 0 fully saturated rings. The summed E-state index contributed by atoms with van der Waals surface area (Å²) in [6, 6.07) is 17.4. The van der Waals surface area contributed by atoms with Crippen molar-refractivity contribution in [3.63, 3.8) is 0 Å². The fourth-order valence-corrected chi connectivity index (χ4v) is 2.14. The maximum Gasteiger partial charge on any atom is 0.247 e. The largest absolute Gasteiger partial charge is 0.350 e. The van der Waals surface area contributed by atoms with Crippen LogP contribution in [0.2, 0.25) is 0 Å². The Morgan fingerprint density at radius 3 is 2.30 bits per heavy atom. The number of benzene rings is 2. The predicted octanol–water partition coefficient (Wildman–Crippen LogP) is 2.05. The molecule has 0 heterocycles. The molecule has 0 bridgehead atoms. The van der Waals surface area contributed by atoms with Crippen molar-refractivity contribution < 1.29 is 9.59 Å². The lowest BCUT2D eigenvalue weighted by molar-refractivity contribution is -0.128. The van der Waals surface area contributed by atoms with Gasteiger partial charge in [-0.1, -0.05) is 42.5 Å². The summed E-state index contributed by atoms with van der Waals surface area (Å²) in [6.07, 6.45) is 0. The van der Waals surface area contributed by atoms with Crippen LogP contribution in [0.25, 0.3) is 0 Å². The normalized spacial score (nSPS) is 11.1. The Hall–Kier alpha value is -3.13. The second-order valence-corrected chi connectivity index (χ2v) is 5.07. The van der Waals surface area contributed by atoms with E-state index in [9.17, 15) is 9.59 Å². The second kappa shape index (κ2) is 7.76. The Labute approximate surface area is 134 Å². The lowest BCUT2D eigenvalue weighted by atomic mass is 10.1. The summed E-state index contributed by atoms with van der Waals surface area (Å²) in [5, 5.41) is 14.2. The fraction of sp³-hybridized carbons (Fsp3) is 0.167. The number of amides is 2. The first-order chi connectivity index (χ1) is 11.1. The van der Waals surface area contributed by atoms with Crippen molar-refractivity contribution in [3.05, 3.63) is 71.3 Å². The number of rotatable bonds is 5. The maximum atomic E-state index is 12.4. The molecule has 5 heteroatoms. The van der Waals surface area contributed by atoms with Crippen molar-refractivity contribution in [2.24, 2.45) is 0 Å². The molecule has 0 spiro atoms. The van der Waals surface area contributed by atoms with Crippen LogP contribution in [-0.4, -0.2) is 11.8 Å².